The van der Waals surface area contributed by atoms with Gasteiger partial charge in [0.2, 0.25) is 5.91 Å². The topological polar surface area (TPSA) is 84.2 Å². The van der Waals surface area contributed by atoms with E-state index in [1.54, 1.807) is 6.07 Å². The number of carbonyl (C=O) groups is 2. The number of nitrogens with zero attached hydrogens (tertiary/aromatic N) is 2. The van der Waals surface area contributed by atoms with Crippen molar-refractivity contribution in [2.75, 3.05) is 5.32 Å². The third-order valence-electron chi connectivity index (χ3n) is 3.19. The zero-order valence-corrected chi connectivity index (χ0v) is 13.7. The van der Waals surface area contributed by atoms with E-state index in [9.17, 15) is 9.59 Å². The molecule has 0 fully saturated rings. The van der Waals surface area contributed by atoms with Crippen molar-refractivity contribution in [3.05, 3.63) is 33.7 Å². The monoisotopic (exact) mass is 341 g/mol. The first-order chi connectivity index (χ1) is 10.3. The number of nitrogens with one attached hydrogen (secondary N) is 1. The molecule has 0 atom stereocenters. The Morgan fingerprint density at radius 2 is 2.18 bits per heavy atom. The van der Waals surface area contributed by atoms with Crippen LogP contribution in [0.15, 0.2) is 24.5 Å². The Morgan fingerprint density at radius 3 is 2.77 bits per heavy atom. The highest BCUT2D eigenvalue weighted by atomic mass is 35.5. The molecule has 2 aromatic rings. The molecule has 0 aliphatic carbocycles. The van der Waals surface area contributed by atoms with Crippen molar-refractivity contribution in [1.82, 2.24) is 9.78 Å². The van der Waals surface area contributed by atoms with E-state index in [0.717, 1.165) is 4.88 Å². The van der Waals surface area contributed by atoms with Gasteiger partial charge in [-0.15, -0.1) is 11.3 Å². The van der Waals surface area contributed by atoms with Crippen LogP contribution in [-0.2, 0) is 21.5 Å². The van der Waals surface area contributed by atoms with Gasteiger partial charge >= 0.3 is 5.97 Å². The van der Waals surface area contributed by atoms with Crippen molar-refractivity contribution in [3.63, 3.8) is 0 Å². The molecule has 0 aliphatic rings. The summed E-state index contributed by atoms with van der Waals surface area (Å²) in [6.07, 6.45) is 3.88. The van der Waals surface area contributed by atoms with Gasteiger partial charge in [-0.3, -0.25) is 9.48 Å². The van der Waals surface area contributed by atoms with E-state index in [4.69, 9.17) is 16.7 Å². The summed E-state index contributed by atoms with van der Waals surface area (Å²) >= 11 is 7.29. The minimum Gasteiger partial charge on any atom is -0.479 e. The summed E-state index contributed by atoms with van der Waals surface area (Å²) in [6.45, 7) is 3.07. The lowest BCUT2D eigenvalue weighted by Crippen LogP contribution is -2.35. The van der Waals surface area contributed by atoms with Gasteiger partial charge in [0.25, 0.3) is 0 Å². The molecule has 2 rings (SSSR count). The standard InChI is InChI=1S/C14H16ClN3O3S/c1-14(2,13(20)21)18-8-9(7-16-18)17-12(19)6-4-10-3-5-11(15)22-10/h3,5,7-8H,4,6H2,1-2H3,(H,17,19)(H,20,21). The molecule has 0 saturated carbocycles. The Hall–Kier alpha value is -1.86. The number of anilines is 1. The van der Waals surface area contributed by atoms with E-state index in [0.29, 0.717) is 22.9 Å². The number of thiophene rings is 1. The summed E-state index contributed by atoms with van der Waals surface area (Å²) in [5.41, 5.74) is -0.694. The van der Waals surface area contributed by atoms with Crippen molar-refractivity contribution >= 4 is 40.5 Å². The molecule has 8 heteroatoms. The SMILES string of the molecule is CC(C)(C(=O)O)n1cc(NC(=O)CCc2ccc(Cl)s2)cn1. The van der Waals surface area contributed by atoms with E-state index < -0.39 is 11.5 Å². The highest BCUT2D eigenvalue weighted by Gasteiger charge is 2.30. The van der Waals surface area contributed by atoms with E-state index in [-0.39, 0.29) is 5.91 Å². The van der Waals surface area contributed by atoms with E-state index >= 15 is 0 Å². The smallest absolute Gasteiger partial charge is 0.331 e. The minimum atomic E-state index is -1.17. The maximum Gasteiger partial charge on any atom is 0.331 e. The van der Waals surface area contributed by atoms with Crippen molar-refractivity contribution in [1.29, 1.82) is 0 Å². The van der Waals surface area contributed by atoms with Crippen molar-refractivity contribution < 1.29 is 14.7 Å². The van der Waals surface area contributed by atoms with Gasteiger partial charge in [-0.05, 0) is 32.4 Å². The van der Waals surface area contributed by atoms with Crippen LogP contribution >= 0.6 is 22.9 Å². The Morgan fingerprint density at radius 1 is 1.45 bits per heavy atom. The summed E-state index contributed by atoms with van der Waals surface area (Å²) in [5, 5.41) is 15.8. The van der Waals surface area contributed by atoms with Crippen LogP contribution in [0.25, 0.3) is 0 Å². The molecule has 2 N–H and O–H groups in total. The average molecular weight is 342 g/mol. The van der Waals surface area contributed by atoms with Crippen LogP contribution in [-0.4, -0.2) is 26.8 Å². The number of rotatable bonds is 6. The molecule has 118 valence electrons. The van der Waals surface area contributed by atoms with Crippen LogP contribution in [0.1, 0.15) is 25.1 Å². The second-order valence-corrected chi connectivity index (χ2v) is 7.09. The molecule has 6 nitrogen and oxygen atoms in total. The molecule has 0 bridgehead atoms. The van der Waals surface area contributed by atoms with E-state index in [2.05, 4.69) is 10.4 Å². The average Bonchev–Trinajstić information content (AvgIpc) is 3.05. The molecule has 0 radical (unpaired) electrons. The zero-order chi connectivity index (χ0) is 16.3. The molecule has 0 aromatic carbocycles. The second kappa shape index (κ2) is 6.50. The van der Waals surface area contributed by atoms with Crippen molar-refractivity contribution in [3.8, 4) is 0 Å². The van der Waals surface area contributed by atoms with Gasteiger partial charge < -0.3 is 10.4 Å². The molecule has 0 saturated heterocycles. The number of aliphatic carboxylic acids is 1. The molecule has 1 amide bonds. The van der Waals surface area contributed by atoms with Crippen LogP contribution in [0.3, 0.4) is 0 Å². The summed E-state index contributed by atoms with van der Waals surface area (Å²) in [7, 11) is 0. The second-order valence-electron chi connectivity index (χ2n) is 5.29. The quantitative estimate of drug-likeness (QED) is 0.846. The number of carboxylic acids is 1. The fraction of sp³-hybridized carbons (Fsp3) is 0.357. The van der Waals surface area contributed by atoms with Crippen LogP contribution in [0.5, 0.6) is 0 Å². The fourth-order valence-corrected chi connectivity index (χ4v) is 2.82. The number of amides is 1. The molecule has 2 heterocycles. The predicted octanol–water partition coefficient (Wildman–Crippen LogP) is 2.99. The number of aryl methyl sites for hydroxylation is 1. The number of hydrogen-bond donors (Lipinski definition) is 2. The van der Waals surface area contributed by atoms with Crippen molar-refractivity contribution in [2.45, 2.75) is 32.2 Å². The Kier molecular flexibility index (Phi) is 4.87. The summed E-state index contributed by atoms with van der Waals surface area (Å²) in [5.74, 6) is -1.15. The largest absolute Gasteiger partial charge is 0.479 e. The lowest BCUT2D eigenvalue weighted by Gasteiger charge is -2.19. The maximum absolute atomic E-state index is 11.9. The van der Waals surface area contributed by atoms with Gasteiger partial charge in [0.15, 0.2) is 5.54 Å². The van der Waals surface area contributed by atoms with Gasteiger partial charge in [-0.25, -0.2) is 4.79 Å². The first-order valence-electron chi connectivity index (χ1n) is 6.61. The molecule has 2 aromatic heterocycles. The molecule has 0 spiro atoms. The third-order valence-corrected chi connectivity index (χ3v) is 4.48. The minimum absolute atomic E-state index is 0.155. The van der Waals surface area contributed by atoms with Crippen LogP contribution in [0, 0.1) is 0 Å². The Balaban J connectivity index is 1.92. The van der Waals surface area contributed by atoms with E-state index in [1.807, 2.05) is 6.07 Å². The van der Waals surface area contributed by atoms with E-state index in [1.165, 1.54) is 42.3 Å². The number of carboxylic acid groups (broad SMARTS) is 1. The van der Waals surface area contributed by atoms with Crippen molar-refractivity contribution in [2.24, 2.45) is 0 Å². The van der Waals surface area contributed by atoms with Gasteiger partial charge in [0, 0.05) is 17.5 Å². The van der Waals surface area contributed by atoms with Crippen LogP contribution in [0.2, 0.25) is 4.34 Å². The first-order valence-corrected chi connectivity index (χ1v) is 7.81. The first kappa shape index (κ1) is 16.5. The van der Waals surface area contributed by atoms with Crippen LogP contribution < -0.4 is 5.32 Å². The molecule has 0 unspecified atom stereocenters. The normalized spacial score (nSPS) is 11.4. The number of aromatic nitrogens is 2. The lowest BCUT2D eigenvalue weighted by molar-refractivity contribution is -0.146. The molecular formula is C14H16ClN3O3S. The Labute approximate surface area is 136 Å². The number of halogens is 1. The fourth-order valence-electron chi connectivity index (χ4n) is 1.74. The van der Waals surface area contributed by atoms with Gasteiger partial charge in [-0.1, -0.05) is 11.6 Å². The number of hydrogen-bond acceptors (Lipinski definition) is 4. The van der Waals surface area contributed by atoms with Gasteiger partial charge in [-0.2, -0.15) is 5.10 Å². The predicted molar refractivity (Wildman–Crippen MR) is 85.5 cm³/mol. The molecule has 22 heavy (non-hydrogen) atoms. The van der Waals surface area contributed by atoms with Gasteiger partial charge in [0.1, 0.15) is 0 Å². The lowest BCUT2D eigenvalue weighted by atomic mass is 10.1. The number of carbonyl (C=O) groups excluding carboxylic acids is 1. The highest BCUT2D eigenvalue weighted by Crippen LogP contribution is 2.23. The molecule has 0 aliphatic heterocycles. The Bertz CT molecular complexity index is 693. The summed E-state index contributed by atoms with van der Waals surface area (Å²) in [6, 6.07) is 3.70. The third kappa shape index (κ3) is 3.86. The highest BCUT2D eigenvalue weighted by molar-refractivity contribution is 7.16. The molecular weight excluding hydrogens is 326 g/mol. The van der Waals surface area contributed by atoms with Gasteiger partial charge in [0.05, 0.1) is 16.2 Å². The zero-order valence-electron chi connectivity index (χ0n) is 12.2. The summed E-state index contributed by atoms with van der Waals surface area (Å²) in [4.78, 5) is 24.1. The maximum atomic E-state index is 11.9. The summed E-state index contributed by atoms with van der Waals surface area (Å²) < 4.78 is 2.01. The van der Waals surface area contributed by atoms with Crippen LogP contribution in [0.4, 0.5) is 5.69 Å².